The number of benzene rings is 1. The number of thioether (sulfide) groups is 1. The molecule has 21 heavy (non-hydrogen) atoms. The number of hydrogen-bond acceptors (Lipinski definition) is 4. The molecule has 2 N–H and O–H groups in total. The monoisotopic (exact) mass is 303 g/mol. The summed E-state index contributed by atoms with van der Waals surface area (Å²) in [6.45, 7) is 0. The fourth-order valence-corrected chi connectivity index (χ4v) is 3.40. The zero-order chi connectivity index (χ0) is 14.8. The number of rotatable bonds is 2. The minimum Gasteiger partial charge on any atom is -0.480 e. The third-order valence-electron chi connectivity index (χ3n) is 3.35. The molecule has 2 aromatic rings. The Morgan fingerprint density at radius 2 is 2.24 bits per heavy atom. The van der Waals surface area contributed by atoms with Crippen molar-refractivity contribution in [2.75, 3.05) is 16.9 Å². The van der Waals surface area contributed by atoms with Crippen LogP contribution in [0.1, 0.15) is 0 Å². The topological polar surface area (TPSA) is 82.5 Å². The maximum atomic E-state index is 12.3. The van der Waals surface area contributed by atoms with E-state index in [9.17, 15) is 9.59 Å². The van der Waals surface area contributed by atoms with Crippen LogP contribution in [-0.2, 0) is 4.79 Å². The first-order valence-electron chi connectivity index (χ1n) is 6.38. The molecule has 0 aliphatic carbocycles. The molecule has 3 rings (SSSR count). The van der Waals surface area contributed by atoms with E-state index in [1.54, 1.807) is 18.5 Å². The van der Waals surface area contributed by atoms with E-state index >= 15 is 0 Å². The first-order chi connectivity index (χ1) is 10.2. The summed E-state index contributed by atoms with van der Waals surface area (Å²) in [4.78, 5) is 28.8. The molecule has 1 aromatic heterocycles. The van der Waals surface area contributed by atoms with Crippen LogP contribution in [0.25, 0.3) is 10.8 Å². The summed E-state index contributed by atoms with van der Waals surface area (Å²) in [5.74, 6) is -0.180. The van der Waals surface area contributed by atoms with Crippen molar-refractivity contribution in [2.45, 2.75) is 6.04 Å². The van der Waals surface area contributed by atoms with Gasteiger partial charge in [-0.2, -0.15) is 0 Å². The van der Waals surface area contributed by atoms with E-state index in [1.165, 1.54) is 16.7 Å². The Morgan fingerprint density at radius 3 is 3.05 bits per heavy atom. The molecule has 0 bridgehead atoms. The van der Waals surface area contributed by atoms with Crippen LogP contribution in [0.3, 0.4) is 0 Å². The van der Waals surface area contributed by atoms with Gasteiger partial charge in [-0.3, -0.25) is 4.98 Å². The summed E-state index contributed by atoms with van der Waals surface area (Å²) in [5, 5.41) is 13.7. The lowest BCUT2D eigenvalue weighted by Gasteiger charge is -2.21. The molecule has 1 unspecified atom stereocenters. The van der Waals surface area contributed by atoms with Crippen molar-refractivity contribution in [1.82, 2.24) is 9.88 Å². The van der Waals surface area contributed by atoms with Gasteiger partial charge >= 0.3 is 12.0 Å². The number of anilines is 1. The maximum absolute atomic E-state index is 12.3. The molecule has 2 heterocycles. The van der Waals surface area contributed by atoms with Gasteiger partial charge in [0.25, 0.3) is 0 Å². The second kappa shape index (κ2) is 5.61. The molecule has 7 heteroatoms. The zero-order valence-corrected chi connectivity index (χ0v) is 11.8. The van der Waals surface area contributed by atoms with Gasteiger partial charge in [0.15, 0.2) is 0 Å². The minimum atomic E-state index is -0.977. The summed E-state index contributed by atoms with van der Waals surface area (Å²) in [6.07, 6.45) is 3.36. The molecule has 0 spiro atoms. The third kappa shape index (κ3) is 2.64. The number of hydrogen-bond donors (Lipinski definition) is 2. The third-order valence-corrected chi connectivity index (χ3v) is 4.37. The molecular weight excluding hydrogens is 290 g/mol. The number of fused-ring (bicyclic) bond motifs is 1. The fourth-order valence-electron chi connectivity index (χ4n) is 2.26. The van der Waals surface area contributed by atoms with Crippen molar-refractivity contribution in [2.24, 2.45) is 0 Å². The van der Waals surface area contributed by atoms with Crippen LogP contribution in [0.2, 0.25) is 0 Å². The predicted octanol–water partition coefficient (Wildman–Crippen LogP) is 2.23. The lowest BCUT2D eigenvalue weighted by atomic mass is 10.1. The van der Waals surface area contributed by atoms with Gasteiger partial charge in [-0.15, -0.1) is 11.8 Å². The van der Waals surface area contributed by atoms with E-state index in [1.807, 2.05) is 18.2 Å². The summed E-state index contributed by atoms with van der Waals surface area (Å²) in [7, 11) is 0. The number of nitrogens with zero attached hydrogens (tertiary/aromatic N) is 2. The van der Waals surface area contributed by atoms with Crippen LogP contribution in [0.15, 0.2) is 36.7 Å². The predicted molar refractivity (Wildman–Crippen MR) is 81.3 cm³/mol. The van der Waals surface area contributed by atoms with Crippen molar-refractivity contribution in [3.63, 3.8) is 0 Å². The Labute approximate surface area is 125 Å². The first-order valence-corrected chi connectivity index (χ1v) is 7.53. The lowest BCUT2D eigenvalue weighted by molar-refractivity contribution is -0.140. The van der Waals surface area contributed by atoms with Crippen LogP contribution in [0.4, 0.5) is 10.5 Å². The number of carbonyl (C=O) groups excluding carboxylic acids is 1. The van der Waals surface area contributed by atoms with E-state index in [4.69, 9.17) is 5.11 Å². The maximum Gasteiger partial charge on any atom is 0.327 e. The van der Waals surface area contributed by atoms with E-state index < -0.39 is 18.0 Å². The zero-order valence-electron chi connectivity index (χ0n) is 11.0. The summed E-state index contributed by atoms with van der Waals surface area (Å²) >= 11 is 1.43. The van der Waals surface area contributed by atoms with Crippen LogP contribution >= 0.6 is 11.8 Å². The Kier molecular flexibility index (Phi) is 3.66. The molecule has 0 saturated carbocycles. The number of carbonyl (C=O) groups is 2. The number of carboxylic acids is 1. The Bertz CT molecular complexity index is 701. The molecule has 6 nitrogen and oxygen atoms in total. The van der Waals surface area contributed by atoms with Crippen molar-refractivity contribution < 1.29 is 14.7 Å². The second-order valence-electron chi connectivity index (χ2n) is 4.66. The quantitative estimate of drug-likeness (QED) is 0.889. The highest BCUT2D eigenvalue weighted by molar-refractivity contribution is 7.99. The Morgan fingerprint density at radius 1 is 1.38 bits per heavy atom. The van der Waals surface area contributed by atoms with Gasteiger partial charge in [0.2, 0.25) is 0 Å². The normalized spacial score (nSPS) is 17.9. The second-order valence-corrected chi connectivity index (χ2v) is 5.66. The SMILES string of the molecule is O=C(O)C1CSCN1C(=O)Nc1cccc2ccncc12. The van der Waals surface area contributed by atoms with Crippen LogP contribution in [0, 0.1) is 0 Å². The molecule has 1 aromatic carbocycles. The number of amides is 2. The minimum absolute atomic E-state index is 0.381. The van der Waals surface area contributed by atoms with Gasteiger partial charge in [0.05, 0.1) is 11.6 Å². The van der Waals surface area contributed by atoms with Crippen LogP contribution < -0.4 is 5.32 Å². The molecule has 2 amide bonds. The first kappa shape index (κ1) is 13.7. The average Bonchev–Trinajstić information content (AvgIpc) is 2.97. The van der Waals surface area contributed by atoms with Gasteiger partial charge in [0, 0.05) is 23.5 Å². The summed E-state index contributed by atoms with van der Waals surface area (Å²) < 4.78 is 0. The van der Waals surface area contributed by atoms with Crippen molar-refractivity contribution >= 4 is 40.2 Å². The molecule has 1 atom stereocenters. The lowest BCUT2D eigenvalue weighted by Crippen LogP contribution is -2.43. The molecule has 1 fully saturated rings. The molecule has 1 aliphatic heterocycles. The number of urea groups is 1. The number of nitrogens with one attached hydrogen (secondary N) is 1. The van der Waals surface area contributed by atoms with E-state index in [-0.39, 0.29) is 0 Å². The molecule has 108 valence electrons. The summed E-state index contributed by atoms with van der Waals surface area (Å²) in [5.41, 5.74) is 0.631. The van der Waals surface area contributed by atoms with Gasteiger partial charge in [-0.1, -0.05) is 12.1 Å². The standard InChI is InChI=1S/C14H13N3O3S/c18-13(19)12-7-21-8-17(12)14(20)16-11-3-1-2-9-4-5-15-6-10(9)11/h1-6,12H,7-8H2,(H,16,20)(H,18,19). The average molecular weight is 303 g/mol. The van der Waals surface area contributed by atoms with Crippen molar-refractivity contribution in [3.05, 3.63) is 36.7 Å². The van der Waals surface area contributed by atoms with E-state index in [0.717, 1.165) is 10.8 Å². The smallest absolute Gasteiger partial charge is 0.327 e. The highest BCUT2D eigenvalue weighted by atomic mass is 32.2. The molecule has 1 saturated heterocycles. The molecule has 1 aliphatic rings. The largest absolute Gasteiger partial charge is 0.480 e. The fraction of sp³-hybridized carbons (Fsp3) is 0.214. The van der Waals surface area contributed by atoms with Gasteiger partial charge in [0.1, 0.15) is 6.04 Å². The highest BCUT2D eigenvalue weighted by Gasteiger charge is 2.34. The van der Waals surface area contributed by atoms with Crippen LogP contribution in [-0.4, -0.2) is 44.7 Å². The van der Waals surface area contributed by atoms with Gasteiger partial charge in [-0.25, -0.2) is 9.59 Å². The number of aromatic nitrogens is 1. The van der Waals surface area contributed by atoms with Crippen LogP contribution in [0.5, 0.6) is 0 Å². The molecule has 0 radical (unpaired) electrons. The molecular formula is C14H13N3O3S. The number of pyridine rings is 1. The Balaban J connectivity index is 1.85. The van der Waals surface area contributed by atoms with Crippen molar-refractivity contribution in [3.8, 4) is 0 Å². The number of carboxylic acid groups (broad SMARTS) is 1. The Hall–Kier alpha value is -2.28. The van der Waals surface area contributed by atoms with Gasteiger partial charge < -0.3 is 15.3 Å². The summed E-state index contributed by atoms with van der Waals surface area (Å²) in [6, 6.07) is 6.23. The highest BCUT2D eigenvalue weighted by Crippen LogP contribution is 2.25. The van der Waals surface area contributed by atoms with Crippen molar-refractivity contribution in [1.29, 1.82) is 0 Å². The van der Waals surface area contributed by atoms with E-state index in [0.29, 0.717) is 17.3 Å². The van der Waals surface area contributed by atoms with Gasteiger partial charge in [-0.05, 0) is 17.5 Å². The number of aliphatic carboxylic acids is 1. The van der Waals surface area contributed by atoms with E-state index in [2.05, 4.69) is 10.3 Å².